The van der Waals surface area contributed by atoms with E-state index in [2.05, 4.69) is 5.32 Å². The minimum atomic E-state index is -0.581. The predicted molar refractivity (Wildman–Crippen MR) is 125 cm³/mol. The van der Waals surface area contributed by atoms with Gasteiger partial charge in [-0.2, -0.15) is 0 Å². The summed E-state index contributed by atoms with van der Waals surface area (Å²) in [4.78, 5) is 29.9. The van der Waals surface area contributed by atoms with Crippen LogP contribution in [0.5, 0.6) is 11.5 Å². The molecule has 2 aliphatic rings. The summed E-state index contributed by atoms with van der Waals surface area (Å²) in [7, 11) is 1.61. The summed E-state index contributed by atoms with van der Waals surface area (Å²) in [5, 5.41) is 5.01. The number of carbonyl (C=O) groups is 2. The van der Waals surface area contributed by atoms with Crippen molar-refractivity contribution in [3.05, 3.63) is 76.0 Å². The summed E-state index contributed by atoms with van der Waals surface area (Å²) in [6.07, 6.45) is 0. The van der Waals surface area contributed by atoms with Gasteiger partial charge in [-0.15, -0.1) is 11.3 Å². The van der Waals surface area contributed by atoms with Crippen LogP contribution in [0.3, 0.4) is 0 Å². The van der Waals surface area contributed by atoms with Crippen LogP contribution in [0.1, 0.15) is 32.8 Å². The third-order valence-corrected chi connectivity index (χ3v) is 6.84. The number of benzene rings is 2. The fraction of sp³-hybridized carbons (Fsp3) is 0.280. The lowest BCUT2D eigenvalue weighted by atomic mass is 9.81. The maximum atomic E-state index is 13.8. The average Bonchev–Trinajstić information content (AvgIpc) is 3.38. The van der Waals surface area contributed by atoms with Crippen molar-refractivity contribution in [2.24, 2.45) is 0 Å². The van der Waals surface area contributed by atoms with E-state index in [1.54, 1.807) is 36.3 Å². The van der Waals surface area contributed by atoms with Gasteiger partial charge >= 0.3 is 0 Å². The normalized spacial score (nSPS) is 19.2. The van der Waals surface area contributed by atoms with Gasteiger partial charge in [0.25, 0.3) is 5.91 Å². The number of nitrogens with one attached hydrogen (secondary N) is 1. The molecule has 7 nitrogen and oxygen atoms in total. The molecule has 2 unspecified atom stereocenters. The zero-order valence-corrected chi connectivity index (χ0v) is 19.0. The second-order valence-electron chi connectivity index (χ2n) is 7.86. The molecule has 33 heavy (non-hydrogen) atoms. The summed E-state index contributed by atoms with van der Waals surface area (Å²) >= 11 is 1.54. The average molecular weight is 465 g/mol. The fourth-order valence-electron chi connectivity index (χ4n) is 4.43. The van der Waals surface area contributed by atoms with Gasteiger partial charge < -0.3 is 24.4 Å². The van der Waals surface area contributed by atoms with Crippen LogP contribution in [0.25, 0.3) is 0 Å². The van der Waals surface area contributed by atoms with Crippen molar-refractivity contribution in [1.82, 2.24) is 4.90 Å². The molecule has 0 bridgehead atoms. The molecule has 0 fully saturated rings. The first-order chi connectivity index (χ1) is 16.2. The van der Waals surface area contributed by atoms with Gasteiger partial charge in [-0.25, -0.2) is 0 Å². The number of hydrogen-bond acceptors (Lipinski definition) is 6. The SMILES string of the molecule is COCCN1C(=O)c2ccccc2C(C(=O)Nc2ccc3c(c2)OCCO3)C1c1cccs1. The summed E-state index contributed by atoms with van der Waals surface area (Å²) in [5.41, 5.74) is 1.89. The molecular formula is C25H24N2O5S. The lowest BCUT2D eigenvalue weighted by Gasteiger charge is -2.41. The van der Waals surface area contributed by atoms with E-state index < -0.39 is 12.0 Å². The van der Waals surface area contributed by atoms with Crippen LogP contribution in [-0.2, 0) is 9.53 Å². The van der Waals surface area contributed by atoms with E-state index in [1.165, 1.54) is 11.3 Å². The van der Waals surface area contributed by atoms with Crippen LogP contribution in [0.15, 0.2) is 60.0 Å². The molecule has 2 amide bonds. The van der Waals surface area contributed by atoms with E-state index in [0.717, 1.165) is 10.4 Å². The van der Waals surface area contributed by atoms with Gasteiger partial charge in [0, 0.05) is 35.8 Å². The molecule has 1 aromatic heterocycles. The van der Waals surface area contributed by atoms with Crippen molar-refractivity contribution in [2.75, 3.05) is 38.8 Å². The molecule has 0 radical (unpaired) electrons. The molecule has 170 valence electrons. The van der Waals surface area contributed by atoms with Gasteiger partial charge in [0.2, 0.25) is 5.91 Å². The predicted octanol–water partition coefficient (Wildman–Crippen LogP) is 4.09. The number of amides is 2. The van der Waals surface area contributed by atoms with Gasteiger partial charge in [0.15, 0.2) is 11.5 Å². The molecule has 0 spiro atoms. The maximum absolute atomic E-state index is 13.8. The van der Waals surface area contributed by atoms with Gasteiger partial charge in [-0.05, 0) is 35.2 Å². The Balaban J connectivity index is 1.54. The number of hydrogen-bond donors (Lipinski definition) is 1. The van der Waals surface area contributed by atoms with Crippen molar-refractivity contribution in [1.29, 1.82) is 0 Å². The van der Waals surface area contributed by atoms with Crippen molar-refractivity contribution >= 4 is 28.8 Å². The van der Waals surface area contributed by atoms with E-state index in [0.29, 0.717) is 49.1 Å². The standard InChI is InChI=1S/C25H24N2O5S/c1-30-11-10-27-23(21-7-4-14-33-21)22(17-5-2-3-6-18(17)25(27)29)24(28)26-16-8-9-19-20(15-16)32-13-12-31-19/h2-9,14-15,22-23H,10-13H2,1H3,(H,26,28). The molecular weight excluding hydrogens is 440 g/mol. The number of fused-ring (bicyclic) bond motifs is 2. The molecule has 3 aromatic rings. The molecule has 1 N–H and O–H groups in total. The lowest BCUT2D eigenvalue weighted by molar-refractivity contribution is -0.119. The van der Waals surface area contributed by atoms with Crippen molar-refractivity contribution in [3.8, 4) is 11.5 Å². The first kappa shape index (κ1) is 21.5. The van der Waals surface area contributed by atoms with Crippen LogP contribution in [-0.4, -0.2) is 50.2 Å². The number of anilines is 1. The first-order valence-corrected chi connectivity index (χ1v) is 11.7. The van der Waals surface area contributed by atoms with Crippen LogP contribution < -0.4 is 14.8 Å². The summed E-state index contributed by atoms with van der Waals surface area (Å²) in [5.74, 6) is 0.407. The smallest absolute Gasteiger partial charge is 0.254 e. The monoisotopic (exact) mass is 464 g/mol. The lowest BCUT2D eigenvalue weighted by Crippen LogP contribution is -2.47. The Bertz CT molecular complexity index is 1160. The highest BCUT2D eigenvalue weighted by Gasteiger charge is 2.44. The number of ether oxygens (including phenoxy) is 3. The molecule has 2 aromatic carbocycles. The second kappa shape index (κ2) is 9.25. The Morgan fingerprint density at radius 1 is 1.12 bits per heavy atom. The van der Waals surface area contributed by atoms with Crippen molar-refractivity contribution < 1.29 is 23.8 Å². The fourth-order valence-corrected chi connectivity index (χ4v) is 5.30. The largest absolute Gasteiger partial charge is 0.486 e. The van der Waals surface area contributed by atoms with Gasteiger partial charge in [-0.1, -0.05) is 24.3 Å². The van der Waals surface area contributed by atoms with Crippen LogP contribution in [0.2, 0.25) is 0 Å². The number of methoxy groups -OCH3 is 1. The molecule has 2 atom stereocenters. The van der Waals surface area contributed by atoms with E-state index in [4.69, 9.17) is 14.2 Å². The quantitative estimate of drug-likeness (QED) is 0.595. The maximum Gasteiger partial charge on any atom is 0.254 e. The van der Waals surface area contributed by atoms with E-state index in [9.17, 15) is 9.59 Å². The third kappa shape index (κ3) is 4.07. The molecule has 0 saturated carbocycles. The Kier molecular flexibility index (Phi) is 6.02. The number of thiophene rings is 1. The molecule has 0 aliphatic carbocycles. The highest BCUT2D eigenvalue weighted by Crippen LogP contribution is 2.44. The van der Waals surface area contributed by atoms with Crippen LogP contribution >= 0.6 is 11.3 Å². The van der Waals surface area contributed by atoms with Crippen LogP contribution in [0, 0.1) is 0 Å². The van der Waals surface area contributed by atoms with Gasteiger partial charge in [0.05, 0.1) is 18.6 Å². The molecule has 8 heteroatoms. The molecule has 3 heterocycles. The van der Waals surface area contributed by atoms with Crippen LogP contribution in [0.4, 0.5) is 5.69 Å². The topological polar surface area (TPSA) is 77.1 Å². The van der Waals surface area contributed by atoms with Crippen molar-refractivity contribution in [2.45, 2.75) is 12.0 Å². The number of nitrogens with zero attached hydrogens (tertiary/aromatic N) is 1. The second-order valence-corrected chi connectivity index (χ2v) is 8.84. The van der Waals surface area contributed by atoms with E-state index in [-0.39, 0.29) is 11.8 Å². The Morgan fingerprint density at radius 2 is 1.94 bits per heavy atom. The third-order valence-electron chi connectivity index (χ3n) is 5.90. The molecule has 5 rings (SSSR count). The zero-order chi connectivity index (χ0) is 22.8. The Hall–Kier alpha value is -3.36. The molecule has 2 aliphatic heterocycles. The van der Waals surface area contributed by atoms with Gasteiger partial charge in [-0.3, -0.25) is 9.59 Å². The summed E-state index contributed by atoms with van der Waals surface area (Å²) in [6.45, 7) is 1.75. The van der Waals surface area contributed by atoms with E-state index in [1.807, 2.05) is 35.7 Å². The molecule has 0 saturated heterocycles. The highest BCUT2D eigenvalue weighted by molar-refractivity contribution is 7.10. The first-order valence-electron chi connectivity index (χ1n) is 10.8. The van der Waals surface area contributed by atoms with E-state index >= 15 is 0 Å². The minimum Gasteiger partial charge on any atom is -0.486 e. The van der Waals surface area contributed by atoms with Gasteiger partial charge in [0.1, 0.15) is 13.2 Å². The summed E-state index contributed by atoms with van der Waals surface area (Å²) in [6, 6.07) is 16.2. The summed E-state index contributed by atoms with van der Waals surface area (Å²) < 4.78 is 16.5. The van der Waals surface area contributed by atoms with Crippen molar-refractivity contribution in [3.63, 3.8) is 0 Å². The number of rotatable bonds is 6. The zero-order valence-electron chi connectivity index (χ0n) is 18.2. The number of carbonyl (C=O) groups excluding carboxylic acids is 2. The minimum absolute atomic E-state index is 0.0931. The Labute approximate surface area is 195 Å². The highest BCUT2D eigenvalue weighted by atomic mass is 32.1. The Morgan fingerprint density at radius 3 is 2.73 bits per heavy atom.